The van der Waals surface area contributed by atoms with Crippen molar-refractivity contribution < 1.29 is 4.42 Å². The Bertz CT molecular complexity index is 527. The van der Waals surface area contributed by atoms with Gasteiger partial charge >= 0.3 is 0 Å². The Morgan fingerprint density at radius 1 is 1.39 bits per heavy atom. The van der Waals surface area contributed by atoms with E-state index >= 15 is 0 Å². The van der Waals surface area contributed by atoms with Crippen LogP contribution in [0.3, 0.4) is 0 Å². The summed E-state index contributed by atoms with van der Waals surface area (Å²) in [7, 11) is 0. The zero-order valence-corrected chi connectivity index (χ0v) is 11.8. The number of pyridine rings is 1. The minimum atomic E-state index is -0.0568. The SMILES string of the molecule is Cc1ccc(C(Sc2ncccc2Cl)C(C)N)o1. The topological polar surface area (TPSA) is 52.0 Å². The average molecular weight is 283 g/mol. The largest absolute Gasteiger partial charge is 0.465 e. The number of hydrogen-bond donors (Lipinski definition) is 1. The fourth-order valence-electron chi connectivity index (χ4n) is 1.61. The number of furan rings is 1. The van der Waals surface area contributed by atoms with Crippen LogP contribution in [-0.4, -0.2) is 11.0 Å². The highest BCUT2D eigenvalue weighted by Gasteiger charge is 2.22. The Kier molecular flexibility index (Phi) is 4.32. The van der Waals surface area contributed by atoms with E-state index in [9.17, 15) is 0 Å². The molecule has 18 heavy (non-hydrogen) atoms. The smallest absolute Gasteiger partial charge is 0.119 e. The van der Waals surface area contributed by atoms with Crippen molar-refractivity contribution in [2.75, 3.05) is 0 Å². The monoisotopic (exact) mass is 282 g/mol. The second kappa shape index (κ2) is 5.78. The van der Waals surface area contributed by atoms with Gasteiger partial charge in [0.2, 0.25) is 0 Å². The Balaban J connectivity index is 2.25. The first-order valence-electron chi connectivity index (χ1n) is 5.67. The third-order valence-electron chi connectivity index (χ3n) is 2.48. The molecular weight excluding hydrogens is 268 g/mol. The van der Waals surface area contributed by atoms with Crippen LogP contribution in [0.5, 0.6) is 0 Å². The van der Waals surface area contributed by atoms with Gasteiger partial charge in [-0.15, -0.1) is 0 Å². The van der Waals surface area contributed by atoms with E-state index in [0.29, 0.717) is 5.02 Å². The Morgan fingerprint density at radius 3 is 2.72 bits per heavy atom. The van der Waals surface area contributed by atoms with Crippen LogP contribution in [-0.2, 0) is 0 Å². The second-order valence-corrected chi connectivity index (χ2v) is 5.67. The number of nitrogens with zero attached hydrogens (tertiary/aromatic N) is 1. The quantitative estimate of drug-likeness (QED) is 0.866. The van der Waals surface area contributed by atoms with Crippen LogP contribution in [0.4, 0.5) is 0 Å². The van der Waals surface area contributed by atoms with E-state index < -0.39 is 0 Å². The van der Waals surface area contributed by atoms with E-state index in [-0.39, 0.29) is 11.3 Å². The van der Waals surface area contributed by atoms with E-state index in [1.807, 2.05) is 38.1 Å². The highest BCUT2D eigenvalue weighted by atomic mass is 35.5. The third-order valence-corrected chi connectivity index (χ3v) is 4.36. The molecule has 0 bridgehead atoms. The third kappa shape index (κ3) is 3.07. The van der Waals surface area contributed by atoms with Crippen molar-refractivity contribution in [2.24, 2.45) is 5.73 Å². The van der Waals surface area contributed by atoms with Gasteiger partial charge in [0.05, 0.1) is 10.3 Å². The first-order valence-corrected chi connectivity index (χ1v) is 6.93. The van der Waals surface area contributed by atoms with Crippen LogP contribution in [0.25, 0.3) is 0 Å². The summed E-state index contributed by atoms with van der Waals surface area (Å²) in [5.74, 6) is 1.73. The molecule has 0 aliphatic rings. The number of halogens is 1. The Hall–Kier alpha value is -0.970. The number of aryl methyl sites for hydroxylation is 1. The molecule has 0 aromatic carbocycles. The highest BCUT2D eigenvalue weighted by Crippen LogP contribution is 2.39. The predicted octanol–water partition coefficient (Wildman–Crippen LogP) is 3.82. The zero-order chi connectivity index (χ0) is 13.1. The van der Waals surface area contributed by atoms with E-state index in [1.54, 1.807) is 6.20 Å². The molecular formula is C13H15ClN2OS. The first-order chi connectivity index (χ1) is 8.58. The van der Waals surface area contributed by atoms with Crippen molar-refractivity contribution in [3.8, 4) is 0 Å². The summed E-state index contributed by atoms with van der Waals surface area (Å²) in [6, 6.07) is 7.46. The molecule has 2 heterocycles. The number of nitrogens with two attached hydrogens (primary N) is 1. The van der Waals surface area contributed by atoms with Crippen LogP contribution >= 0.6 is 23.4 Å². The standard InChI is InChI=1S/C13H15ClN2OS/c1-8-5-6-11(17-8)12(9(2)15)18-13-10(14)4-3-7-16-13/h3-7,9,12H,15H2,1-2H3. The number of hydrogen-bond acceptors (Lipinski definition) is 4. The molecule has 0 radical (unpaired) electrons. The van der Waals surface area contributed by atoms with Crippen LogP contribution in [0.1, 0.15) is 23.7 Å². The van der Waals surface area contributed by atoms with Gasteiger partial charge in [-0.1, -0.05) is 23.4 Å². The normalized spacial score (nSPS) is 14.4. The van der Waals surface area contributed by atoms with E-state index in [2.05, 4.69) is 4.98 Å². The van der Waals surface area contributed by atoms with Crippen molar-refractivity contribution in [3.63, 3.8) is 0 Å². The Morgan fingerprint density at radius 2 is 2.17 bits per heavy atom. The molecule has 2 aromatic heterocycles. The number of thioether (sulfide) groups is 1. The van der Waals surface area contributed by atoms with Gasteiger partial charge < -0.3 is 10.2 Å². The van der Waals surface area contributed by atoms with Gasteiger partial charge in [-0.25, -0.2) is 4.98 Å². The number of aromatic nitrogens is 1. The lowest BCUT2D eigenvalue weighted by molar-refractivity contribution is 0.464. The van der Waals surface area contributed by atoms with Gasteiger partial charge in [0, 0.05) is 12.2 Å². The van der Waals surface area contributed by atoms with Gasteiger partial charge in [0.1, 0.15) is 16.5 Å². The summed E-state index contributed by atoms with van der Waals surface area (Å²) in [5.41, 5.74) is 6.02. The van der Waals surface area contributed by atoms with Gasteiger partial charge in [-0.2, -0.15) is 0 Å². The fraction of sp³-hybridized carbons (Fsp3) is 0.308. The van der Waals surface area contributed by atoms with Crippen LogP contribution < -0.4 is 5.73 Å². The summed E-state index contributed by atoms with van der Waals surface area (Å²) >= 11 is 7.64. The molecule has 3 nitrogen and oxygen atoms in total. The molecule has 0 spiro atoms. The Labute approximate surface area is 116 Å². The minimum absolute atomic E-state index is 0.00565. The van der Waals surface area contributed by atoms with Gasteiger partial charge in [0.25, 0.3) is 0 Å². The second-order valence-electron chi connectivity index (χ2n) is 4.14. The van der Waals surface area contributed by atoms with Gasteiger partial charge in [-0.3, -0.25) is 0 Å². The number of rotatable bonds is 4. The maximum atomic E-state index is 6.11. The maximum absolute atomic E-state index is 6.11. The predicted molar refractivity (Wildman–Crippen MR) is 74.9 cm³/mol. The highest BCUT2D eigenvalue weighted by molar-refractivity contribution is 7.99. The van der Waals surface area contributed by atoms with Crippen molar-refractivity contribution in [1.82, 2.24) is 4.98 Å². The summed E-state index contributed by atoms with van der Waals surface area (Å²) in [4.78, 5) is 4.27. The van der Waals surface area contributed by atoms with Gasteiger partial charge in [0.15, 0.2) is 0 Å². The van der Waals surface area contributed by atoms with E-state index in [4.69, 9.17) is 21.8 Å². The fourth-order valence-corrected chi connectivity index (χ4v) is 2.86. The van der Waals surface area contributed by atoms with Crippen LogP contribution in [0.15, 0.2) is 39.9 Å². The lowest BCUT2D eigenvalue weighted by Gasteiger charge is -2.18. The van der Waals surface area contributed by atoms with Crippen molar-refractivity contribution in [1.29, 1.82) is 0 Å². The van der Waals surface area contributed by atoms with E-state index in [1.165, 1.54) is 11.8 Å². The summed E-state index contributed by atoms with van der Waals surface area (Å²) < 4.78 is 5.65. The molecule has 2 N–H and O–H groups in total. The van der Waals surface area contributed by atoms with Crippen LogP contribution in [0, 0.1) is 6.92 Å². The minimum Gasteiger partial charge on any atom is -0.465 e. The first kappa shape index (κ1) is 13.5. The molecule has 0 aliphatic heterocycles. The molecule has 2 atom stereocenters. The molecule has 2 unspecified atom stereocenters. The molecule has 0 saturated carbocycles. The summed E-state index contributed by atoms with van der Waals surface area (Å²) in [6.45, 7) is 3.87. The summed E-state index contributed by atoms with van der Waals surface area (Å²) in [6.07, 6.45) is 1.72. The van der Waals surface area contributed by atoms with Crippen molar-refractivity contribution in [2.45, 2.75) is 30.2 Å². The molecule has 5 heteroatoms. The molecule has 0 saturated heterocycles. The maximum Gasteiger partial charge on any atom is 0.119 e. The van der Waals surface area contributed by atoms with Crippen molar-refractivity contribution >= 4 is 23.4 Å². The molecule has 0 aliphatic carbocycles. The van der Waals surface area contributed by atoms with Gasteiger partial charge in [-0.05, 0) is 38.1 Å². The molecule has 0 amide bonds. The molecule has 2 aromatic rings. The average Bonchev–Trinajstić information content (AvgIpc) is 2.74. The lowest BCUT2D eigenvalue weighted by Crippen LogP contribution is -2.22. The van der Waals surface area contributed by atoms with Crippen LogP contribution in [0.2, 0.25) is 5.02 Å². The van der Waals surface area contributed by atoms with E-state index in [0.717, 1.165) is 16.5 Å². The molecule has 0 fully saturated rings. The molecule has 96 valence electrons. The lowest BCUT2D eigenvalue weighted by atomic mass is 10.2. The zero-order valence-electron chi connectivity index (χ0n) is 10.3. The molecule has 2 rings (SSSR count). The summed E-state index contributed by atoms with van der Waals surface area (Å²) in [5, 5.41) is 1.41. The van der Waals surface area contributed by atoms with Crippen molar-refractivity contribution in [3.05, 3.63) is 47.0 Å².